The third-order valence-electron chi connectivity index (χ3n) is 4.73. The highest BCUT2D eigenvalue weighted by molar-refractivity contribution is 5.17. The van der Waals surface area contributed by atoms with Gasteiger partial charge in [-0.15, -0.1) is 0 Å². The molecular formula is C17H24FNO. The molecule has 1 aliphatic carbocycles. The van der Waals surface area contributed by atoms with Crippen molar-refractivity contribution in [2.75, 3.05) is 6.61 Å². The molecule has 2 nitrogen and oxygen atoms in total. The van der Waals surface area contributed by atoms with Crippen molar-refractivity contribution in [2.24, 2.45) is 0 Å². The van der Waals surface area contributed by atoms with E-state index < -0.39 is 0 Å². The van der Waals surface area contributed by atoms with Crippen LogP contribution >= 0.6 is 0 Å². The fourth-order valence-electron chi connectivity index (χ4n) is 3.52. The first kappa shape index (κ1) is 14.0. The van der Waals surface area contributed by atoms with Crippen LogP contribution in [0.25, 0.3) is 0 Å². The van der Waals surface area contributed by atoms with Crippen molar-refractivity contribution in [3.05, 3.63) is 35.6 Å². The van der Waals surface area contributed by atoms with Crippen LogP contribution in [0.1, 0.15) is 44.6 Å². The van der Waals surface area contributed by atoms with E-state index in [2.05, 4.69) is 12.2 Å². The maximum atomic E-state index is 12.9. The summed E-state index contributed by atoms with van der Waals surface area (Å²) in [6, 6.07) is 7.83. The fourth-order valence-corrected chi connectivity index (χ4v) is 3.52. The monoisotopic (exact) mass is 277 g/mol. The first-order valence-corrected chi connectivity index (χ1v) is 7.80. The van der Waals surface area contributed by atoms with Gasteiger partial charge in [-0.25, -0.2) is 4.39 Å². The minimum absolute atomic E-state index is 0.161. The molecule has 0 radical (unpaired) electrons. The molecule has 1 spiro atoms. The molecule has 3 rings (SSSR count). The second kappa shape index (κ2) is 5.82. The number of ether oxygens (including phenoxy) is 1. The van der Waals surface area contributed by atoms with Crippen LogP contribution < -0.4 is 5.32 Å². The fraction of sp³-hybridized carbons (Fsp3) is 0.647. The lowest BCUT2D eigenvalue weighted by Gasteiger charge is -2.47. The molecule has 2 unspecified atom stereocenters. The van der Waals surface area contributed by atoms with Crippen LogP contribution in [0.15, 0.2) is 24.3 Å². The van der Waals surface area contributed by atoms with Crippen LogP contribution in [-0.2, 0) is 11.2 Å². The zero-order chi connectivity index (χ0) is 14.0. The molecule has 1 aromatic rings. The molecule has 0 aromatic heterocycles. The van der Waals surface area contributed by atoms with Crippen LogP contribution in [0.3, 0.4) is 0 Å². The Balaban J connectivity index is 1.50. The van der Waals surface area contributed by atoms with E-state index in [9.17, 15) is 4.39 Å². The molecule has 1 saturated carbocycles. The van der Waals surface area contributed by atoms with Crippen molar-refractivity contribution in [3.8, 4) is 0 Å². The normalized spacial score (nSPS) is 26.2. The SMILES string of the molecule is CC(Cc1ccc(F)cc1)NC1CCOC2(CCC2)C1. The summed E-state index contributed by atoms with van der Waals surface area (Å²) in [6.45, 7) is 3.10. The van der Waals surface area contributed by atoms with Gasteiger partial charge in [0, 0.05) is 18.7 Å². The molecule has 1 heterocycles. The highest BCUT2D eigenvalue weighted by Crippen LogP contribution is 2.42. The summed E-state index contributed by atoms with van der Waals surface area (Å²) in [6.07, 6.45) is 6.99. The van der Waals surface area contributed by atoms with Crippen molar-refractivity contribution in [2.45, 2.75) is 63.1 Å². The molecule has 1 aliphatic heterocycles. The Morgan fingerprint density at radius 3 is 2.75 bits per heavy atom. The van der Waals surface area contributed by atoms with E-state index in [1.165, 1.54) is 24.8 Å². The average Bonchev–Trinajstić information content (AvgIpc) is 2.40. The van der Waals surface area contributed by atoms with Gasteiger partial charge in [0.15, 0.2) is 0 Å². The number of halogens is 1. The van der Waals surface area contributed by atoms with E-state index in [-0.39, 0.29) is 11.4 Å². The molecule has 1 saturated heterocycles. The predicted molar refractivity (Wildman–Crippen MR) is 78.3 cm³/mol. The number of rotatable bonds is 4. The lowest BCUT2D eigenvalue weighted by Crippen LogP contribution is -2.52. The van der Waals surface area contributed by atoms with E-state index >= 15 is 0 Å². The number of benzene rings is 1. The van der Waals surface area contributed by atoms with Crippen LogP contribution in [0.2, 0.25) is 0 Å². The van der Waals surface area contributed by atoms with Crippen LogP contribution in [-0.4, -0.2) is 24.3 Å². The van der Waals surface area contributed by atoms with Gasteiger partial charge < -0.3 is 10.1 Å². The number of nitrogens with one attached hydrogen (secondary N) is 1. The average molecular weight is 277 g/mol. The Morgan fingerprint density at radius 2 is 2.10 bits per heavy atom. The molecule has 1 N–H and O–H groups in total. The molecule has 2 atom stereocenters. The maximum absolute atomic E-state index is 12.9. The van der Waals surface area contributed by atoms with Crippen molar-refractivity contribution < 1.29 is 9.13 Å². The van der Waals surface area contributed by atoms with Gasteiger partial charge in [0.05, 0.1) is 5.60 Å². The predicted octanol–water partition coefficient (Wildman–Crippen LogP) is 3.45. The number of hydrogen-bond donors (Lipinski definition) is 1. The van der Waals surface area contributed by atoms with Gasteiger partial charge in [-0.05, 0) is 63.1 Å². The van der Waals surface area contributed by atoms with Gasteiger partial charge in [0.2, 0.25) is 0 Å². The molecule has 3 heteroatoms. The van der Waals surface area contributed by atoms with E-state index in [4.69, 9.17) is 4.74 Å². The van der Waals surface area contributed by atoms with Crippen molar-refractivity contribution in [1.29, 1.82) is 0 Å². The molecular weight excluding hydrogens is 253 g/mol. The summed E-state index contributed by atoms with van der Waals surface area (Å²) in [5.74, 6) is -0.161. The first-order chi connectivity index (χ1) is 9.65. The molecule has 2 fully saturated rings. The summed E-state index contributed by atoms with van der Waals surface area (Å²) in [7, 11) is 0. The smallest absolute Gasteiger partial charge is 0.123 e. The minimum atomic E-state index is -0.161. The van der Waals surface area contributed by atoms with E-state index in [1.807, 2.05) is 12.1 Å². The van der Waals surface area contributed by atoms with E-state index in [1.54, 1.807) is 12.1 Å². The Hall–Kier alpha value is -0.930. The van der Waals surface area contributed by atoms with Gasteiger partial charge in [-0.3, -0.25) is 0 Å². The topological polar surface area (TPSA) is 21.3 Å². The van der Waals surface area contributed by atoms with Gasteiger partial charge in [0.25, 0.3) is 0 Å². The lowest BCUT2D eigenvalue weighted by molar-refractivity contribution is -0.136. The van der Waals surface area contributed by atoms with Crippen LogP contribution in [0.5, 0.6) is 0 Å². The van der Waals surface area contributed by atoms with Crippen molar-refractivity contribution in [1.82, 2.24) is 5.32 Å². The Labute approximate surface area is 120 Å². The minimum Gasteiger partial charge on any atom is -0.375 e. The third-order valence-corrected chi connectivity index (χ3v) is 4.73. The Bertz CT molecular complexity index is 441. The second-order valence-corrected chi connectivity index (χ2v) is 6.47. The van der Waals surface area contributed by atoms with Gasteiger partial charge >= 0.3 is 0 Å². The summed E-state index contributed by atoms with van der Waals surface area (Å²) in [5, 5.41) is 3.73. The zero-order valence-electron chi connectivity index (χ0n) is 12.2. The summed E-state index contributed by atoms with van der Waals surface area (Å²) in [4.78, 5) is 0. The standard InChI is InChI=1S/C17H24FNO/c1-13(11-14-3-5-15(18)6-4-14)19-16-7-10-20-17(12-16)8-2-9-17/h3-6,13,16,19H,2,7-12H2,1H3. The quantitative estimate of drug-likeness (QED) is 0.910. The maximum Gasteiger partial charge on any atom is 0.123 e. The lowest BCUT2D eigenvalue weighted by atomic mass is 9.74. The van der Waals surface area contributed by atoms with E-state index in [0.717, 1.165) is 25.9 Å². The van der Waals surface area contributed by atoms with Gasteiger partial charge in [0.1, 0.15) is 5.82 Å². The molecule has 2 aliphatic rings. The first-order valence-electron chi connectivity index (χ1n) is 7.80. The highest BCUT2D eigenvalue weighted by atomic mass is 19.1. The Morgan fingerprint density at radius 1 is 1.35 bits per heavy atom. The summed E-state index contributed by atoms with van der Waals surface area (Å²) >= 11 is 0. The second-order valence-electron chi connectivity index (χ2n) is 6.47. The van der Waals surface area contributed by atoms with Gasteiger partial charge in [-0.1, -0.05) is 12.1 Å². The van der Waals surface area contributed by atoms with Crippen molar-refractivity contribution in [3.63, 3.8) is 0 Å². The van der Waals surface area contributed by atoms with Crippen LogP contribution in [0.4, 0.5) is 4.39 Å². The highest BCUT2D eigenvalue weighted by Gasteiger charge is 2.42. The molecule has 0 bridgehead atoms. The molecule has 0 amide bonds. The molecule has 20 heavy (non-hydrogen) atoms. The van der Waals surface area contributed by atoms with Crippen LogP contribution in [0, 0.1) is 5.82 Å². The van der Waals surface area contributed by atoms with Crippen molar-refractivity contribution >= 4 is 0 Å². The summed E-state index contributed by atoms with van der Waals surface area (Å²) in [5.41, 5.74) is 1.39. The Kier molecular flexibility index (Phi) is 4.08. The number of hydrogen-bond acceptors (Lipinski definition) is 2. The largest absolute Gasteiger partial charge is 0.375 e. The van der Waals surface area contributed by atoms with Gasteiger partial charge in [-0.2, -0.15) is 0 Å². The summed E-state index contributed by atoms with van der Waals surface area (Å²) < 4.78 is 18.9. The van der Waals surface area contributed by atoms with E-state index in [0.29, 0.717) is 12.1 Å². The third kappa shape index (κ3) is 3.21. The zero-order valence-corrected chi connectivity index (χ0v) is 12.2. The molecule has 110 valence electrons. The molecule has 1 aromatic carbocycles.